The fraction of sp³-hybridized carbons (Fsp3) is 0.286. The molecule has 1 heterocycles. The van der Waals surface area contributed by atoms with Crippen LogP contribution in [-0.2, 0) is 5.88 Å². The lowest BCUT2D eigenvalue weighted by atomic mass is 10.2. The molecular weight excluding hydrogens is 148 g/mol. The van der Waals surface area contributed by atoms with Crippen molar-refractivity contribution in [3.63, 3.8) is 0 Å². The van der Waals surface area contributed by atoms with Crippen LogP contribution in [0.25, 0.3) is 0 Å². The van der Waals surface area contributed by atoms with Crippen molar-refractivity contribution in [2.75, 3.05) is 5.73 Å². The molecule has 0 aromatic carbocycles. The van der Waals surface area contributed by atoms with E-state index in [0.29, 0.717) is 11.7 Å². The Morgan fingerprint density at radius 3 is 2.90 bits per heavy atom. The van der Waals surface area contributed by atoms with E-state index in [9.17, 15) is 0 Å². The third kappa shape index (κ3) is 1.39. The molecule has 0 unspecified atom stereocenters. The third-order valence-corrected chi connectivity index (χ3v) is 1.64. The van der Waals surface area contributed by atoms with Crippen LogP contribution in [0, 0.1) is 6.92 Å². The first kappa shape index (κ1) is 7.35. The molecular formula is C7H9ClN2. The maximum Gasteiger partial charge on any atom is 0.126 e. The molecule has 54 valence electrons. The van der Waals surface area contributed by atoms with Gasteiger partial charge in [0.25, 0.3) is 0 Å². The van der Waals surface area contributed by atoms with E-state index in [1.807, 2.05) is 13.0 Å². The van der Waals surface area contributed by atoms with Crippen LogP contribution in [0.4, 0.5) is 5.82 Å². The minimum atomic E-state index is 0.494. The number of aryl methyl sites for hydroxylation is 1. The SMILES string of the molecule is Cc1cc(CCl)cnc1N. The zero-order valence-corrected chi connectivity index (χ0v) is 6.52. The number of pyridine rings is 1. The van der Waals surface area contributed by atoms with E-state index in [-0.39, 0.29) is 0 Å². The van der Waals surface area contributed by atoms with Gasteiger partial charge in [-0.15, -0.1) is 11.6 Å². The van der Waals surface area contributed by atoms with Crippen LogP contribution in [0.2, 0.25) is 0 Å². The van der Waals surface area contributed by atoms with Crippen molar-refractivity contribution in [1.29, 1.82) is 0 Å². The molecule has 0 bridgehead atoms. The normalized spacial score (nSPS) is 9.80. The minimum Gasteiger partial charge on any atom is -0.383 e. The lowest BCUT2D eigenvalue weighted by Crippen LogP contribution is -1.94. The highest BCUT2D eigenvalue weighted by Gasteiger charge is 1.95. The monoisotopic (exact) mass is 156 g/mol. The van der Waals surface area contributed by atoms with Gasteiger partial charge in [-0.2, -0.15) is 0 Å². The van der Waals surface area contributed by atoms with Gasteiger partial charge < -0.3 is 5.73 Å². The number of alkyl halides is 1. The highest BCUT2D eigenvalue weighted by molar-refractivity contribution is 6.17. The molecule has 1 aromatic rings. The molecule has 0 aliphatic carbocycles. The van der Waals surface area contributed by atoms with E-state index in [1.54, 1.807) is 6.20 Å². The van der Waals surface area contributed by atoms with Crippen LogP contribution >= 0.6 is 11.6 Å². The molecule has 0 radical (unpaired) electrons. The average Bonchev–Trinajstić information content (AvgIpc) is 1.95. The summed E-state index contributed by atoms with van der Waals surface area (Å²) >= 11 is 5.57. The smallest absolute Gasteiger partial charge is 0.126 e. The average molecular weight is 157 g/mol. The molecule has 1 aromatic heterocycles. The number of hydrogen-bond donors (Lipinski definition) is 1. The number of hydrogen-bond acceptors (Lipinski definition) is 2. The van der Waals surface area contributed by atoms with Gasteiger partial charge in [-0.25, -0.2) is 4.98 Å². The van der Waals surface area contributed by atoms with Gasteiger partial charge in [0.15, 0.2) is 0 Å². The Balaban J connectivity index is 3.04. The van der Waals surface area contributed by atoms with Crippen LogP contribution in [0.5, 0.6) is 0 Å². The summed E-state index contributed by atoms with van der Waals surface area (Å²) in [6.45, 7) is 1.92. The maximum absolute atomic E-state index is 5.57. The standard InChI is InChI=1S/C7H9ClN2/c1-5-2-6(3-8)4-10-7(5)9/h2,4H,3H2,1H3,(H2,9,10). The Hall–Kier alpha value is -0.760. The van der Waals surface area contributed by atoms with Crippen LogP contribution in [0.3, 0.4) is 0 Å². The molecule has 0 atom stereocenters. The molecule has 0 fully saturated rings. The van der Waals surface area contributed by atoms with Crippen molar-refractivity contribution >= 4 is 17.4 Å². The predicted octanol–water partition coefficient (Wildman–Crippen LogP) is 1.71. The van der Waals surface area contributed by atoms with Crippen molar-refractivity contribution in [2.45, 2.75) is 12.8 Å². The molecule has 0 aliphatic heterocycles. The Bertz CT molecular complexity index is 235. The van der Waals surface area contributed by atoms with E-state index in [4.69, 9.17) is 17.3 Å². The lowest BCUT2D eigenvalue weighted by molar-refractivity contribution is 1.21. The van der Waals surface area contributed by atoms with Crippen molar-refractivity contribution in [2.24, 2.45) is 0 Å². The maximum atomic E-state index is 5.57. The van der Waals surface area contributed by atoms with E-state index in [1.165, 1.54) is 0 Å². The fourth-order valence-electron chi connectivity index (χ4n) is 0.717. The molecule has 0 spiro atoms. The summed E-state index contributed by atoms with van der Waals surface area (Å²) in [6.07, 6.45) is 1.69. The first-order valence-corrected chi connectivity index (χ1v) is 3.54. The molecule has 1 rings (SSSR count). The number of rotatable bonds is 1. The third-order valence-electron chi connectivity index (χ3n) is 1.33. The zero-order chi connectivity index (χ0) is 7.56. The van der Waals surface area contributed by atoms with E-state index in [2.05, 4.69) is 4.98 Å². The fourth-order valence-corrected chi connectivity index (χ4v) is 0.863. The first-order valence-electron chi connectivity index (χ1n) is 3.01. The van der Waals surface area contributed by atoms with Crippen molar-refractivity contribution in [3.05, 3.63) is 23.4 Å². The molecule has 2 nitrogen and oxygen atoms in total. The molecule has 3 heteroatoms. The van der Waals surface area contributed by atoms with Crippen LogP contribution in [0.1, 0.15) is 11.1 Å². The number of halogens is 1. The number of anilines is 1. The topological polar surface area (TPSA) is 38.9 Å². The summed E-state index contributed by atoms with van der Waals surface area (Å²) in [5.74, 6) is 1.07. The number of nitrogens with two attached hydrogens (primary N) is 1. The molecule has 2 N–H and O–H groups in total. The summed E-state index contributed by atoms with van der Waals surface area (Å²) < 4.78 is 0. The predicted molar refractivity (Wildman–Crippen MR) is 42.9 cm³/mol. The van der Waals surface area contributed by atoms with Gasteiger partial charge in [0.05, 0.1) is 0 Å². The van der Waals surface area contributed by atoms with Crippen LogP contribution < -0.4 is 5.73 Å². The van der Waals surface area contributed by atoms with E-state index in [0.717, 1.165) is 11.1 Å². The second-order valence-electron chi connectivity index (χ2n) is 2.18. The second kappa shape index (κ2) is 2.88. The highest BCUT2D eigenvalue weighted by atomic mass is 35.5. The van der Waals surface area contributed by atoms with Crippen LogP contribution in [-0.4, -0.2) is 4.98 Å². The number of nitrogen functional groups attached to an aromatic ring is 1. The first-order chi connectivity index (χ1) is 4.74. The Labute approximate surface area is 65.0 Å². The summed E-state index contributed by atoms with van der Waals surface area (Å²) in [5, 5.41) is 0. The summed E-state index contributed by atoms with van der Waals surface area (Å²) in [7, 11) is 0. The molecule has 10 heavy (non-hydrogen) atoms. The minimum absolute atomic E-state index is 0.494. The zero-order valence-electron chi connectivity index (χ0n) is 5.76. The van der Waals surface area contributed by atoms with Gasteiger partial charge in [0.2, 0.25) is 0 Å². The number of aromatic nitrogens is 1. The van der Waals surface area contributed by atoms with E-state index >= 15 is 0 Å². The van der Waals surface area contributed by atoms with Crippen molar-refractivity contribution in [3.8, 4) is 0 Å². The van der Waals surface area contributed by atoms with Gasteiger partial charge in [0.1, 0.15) is 5.82 Å². The molecule has 0 saturated heterocycles. The van der Waals surface area contributed by atoms with Crippen molar-refractivity contribution < 1.29 is 0 Å². The molecule has 0 aliphatic rings. The summed E-state index contributed by atoms with van der Waals surface area (Å²) in [4.78, 5) is 3.94. The van der Waals surface area contributed by atoms with Gasteiger partial charge in [-0.1, -0.05) is 0 Å². The Morgan fingerprint density at radius 1 is 1.70 bits per heavy atom. The Morgan fingerprint density at radius 2 is 2.40 bits per heavy atom. The van der Waals surface area contributed by atoms with E-state index < -0.39 is 0 Å². The highest BCUT2D eigenvalue weighted by Crippen LogP contribution is 2.10. The largest absolute Gasteiger partial charge is 0.383 e. The van der Waals surface area contributed by atoms with Crippen molar-refractivity contribution in [1.82, 2.24) is 4.98 Å². The second-order valence-corrected chi connectivity index (χ2v) is 2.45. The van der Waals surface area contributed by atoms with Gasteiger partial charge in [-0.3, -0.25) is 0 Å². The molecule has 0 saturated carbocycles. The van der Waals surface area contributed by atoms with Gasteiger partial charge in [-0.05, 0) is 24.1 Å². The van der Waals surface area contributed by atoms with Gasteiger partial charge >= 0.3 is 0 Å². The Kier molecular flexibility index (Phi) is 2.12. The molecule has 0 amide bonds. The summed E-state index contributed by atoms with van der Waals surface area (Å²) in [6, 6.07) is 1.94. The van der Waals surface area contributed by atoms with Crippen LogP contribution in [0.15, 0.2) is 12.3 Å². The van der Waals surface area contributed by atoms with Gasteiger partial charge in [0, 0.05) is 12.1 Å². The number of nitrogens with zero attached hydrogens (tertiary/aromatic N) is 1. The summed E-state index contributed by atoms with van der Waals surface area (Å²) in [5.41, 5.74) is 7.48. The quantitative estimate of drug-likeness (QED) is 0.629. The lowest BCUT2D eigenvalue weighted by Gasteiger charge is -1.99.